The monoisotopic (exact) mass is 255 g/mol. The molecule has 4 heteroatoms. The Bertz CT molecular complexity index is 429. The number of hydrogen-bond acceptors (Lipinski definition) is 2. The second-order valence-corrected chi connectivity index (χ2v) is 4.22. The van der Waals surface area contributed by atoms with Gasteiger partial charge in [-0.15, -0.1) is 0 Å². The van der Waals surface area contributed by atoms with Crippen molar-refractivity contribution in [3.63, 3.8) is 0 Å². The largest absolute Gasteiger partial charge is 0.345 e. The third kappa shape index (κ3) is 1.33. The van der Waals surface area contributed by atoms with Gasteiger partial charge in [0, 0.05) is 0 Å². The minimum Gasteiger partial charge on any atom is -0.345 e. The Morgan fingerprint density at radius 3 is 2.86 bits per heavy atom. The molecule has 0 amide bonds. The normalized spacial score (nSPS) is 29.7. The van der Waals surface area contributed by atoms with Gasteiger partial charge in [-0.25, -0.2) is 4.39 Å². The van der Waals surface area contributed by atoms with E-state index in [0.29, 0.717) is 4.47 Å². The van der Waals surface area contributed by atoms with E-state index in [2.05, 4.69) is 15.9 Å². The molecule has 1 aliphatic heterocycles. The van der Waals surface area contributed by atoms with E-state index in [1.807, 2.05) is 13.0 Å². The summed E-state index contributed by atoms with van der Waals surface area (Å²) in [6, 6.07) is 6.67. The zero-order valence-corrected chi connectivity index (χ0v) is 9.01. The van der Waals surface area contributed by atoms with Crippen LogP contribution in [0.15, 0.2) is 22.7 Å². The molecule has 1 aromatic rings. The summed E-state index contributed by atoms with van der Waals surface area (Å²) in [7, 11) is 0. The van der Waals surface area contributed by atoms with Crippen LogP contribution in [-0.4, -0.2) is 6.10 Å². The number of epoxide rings is 1. The van der Waals surface area contributed by atoms with E-state index < -0.39 is 11.7 Å². The predicted octanol–water partition coefficient (Wildman–Crippen LogP) is 2.73. The van der Waals surface area contributed by atoms with Gasteiger partial charge < -0.3 is 4.74 Å². The van der Waals surface area contributed by atoms with Crippen molar-refractivity contribution >= 4 is 15.9 Å². The van der Waals surface area contributed by atoms with Crippen molar-refractivity contribution in [1.82, 2.24) is 0 Å². The standard InChI is InChI=1S/C10H7BrFNO/c1-10(9(5-13)14-10)6-2-3-8(12)7(11)4-6/h2-4,9H,1H3. The van der Waals surface area contributed by atoms with Crippen LogP contribution in [0.5, 0.6) is 0 Å². The molecule has 14 heavy (non-hydrogen) atoms. The number of rotatable bonds is 1. The molecule has 0 spiro atoms. The molecular formula is C10H7BrFNO. The fraction of sp³-hybridized carbons (Fsp3) is 0.300. The molecular weight excluding hydrogens is 249 g/mol. The van der Waals surface area contributed by atoms with Gasteiger partial charge in [0.25, 0.3) is 0 Å². The maximum absolute atomic E-state index is 12.9. The smallest absolute Gasteiger partial charge is 0.178 e. The molecule has 0 saturated carbocycles. The van der Waals surface area contributed by atoms with Crippen LogP contribution in [0, 0.1) is 17.1 Å². The molecule has 0 N–H and O–H groups in total. The summed E-state index contributed by atoms with van der Waals surface area (Å²) in [5.74, 6) is -0.313. The van der Waals surface area contributed by atoms with E-state index in [0.717, 1.165) is 5.56 Å². The van der Waals surface area contributed by atoms with Gasteiger partial charge in [0.2, 0.25) is 0 Å². The number of nitriles is 1. The van der Waals surface area contributed by atoms with E-state index >= 15 is 0 Å². The summed E-state index contributed by atoms with van der Waals surface area (Å²) in [5, 5.41) is 8.67. The van der Waals surface area contributed by atoms with Crippen molar-refractivity contribution in [2.24, 2.45) is 0 Å². The molecule has 1 saturated heterocycles. The van der Waals surface area contributed by atoms with Gasteiger partial charge in [-0.2, -0.15) is 5.26 Å². The van der Waals surface area contributed by atoms with Gasteiger partial charge in [-0.1, -0.05) is 6.07 Å². The molecule has 1 heterocycles. The van der Waals surface area contributed by atoms with Crippen molar-refractivity contribution < 1.29 is 9.13 Å². The molecule has 0 aliphatic carbocycles. The molecule has 1 fully saturated rings. The summed E-state index contributed by atoms with van der Waals surface area (Å²) in [6.07, 6.45) is -0.417. The molecule has 1 aromatic carbocycles. The highest BCUT2D eigenvalue weighted by atomic mass is 79.9. The molecule has 2 rings (SSSR count). The number of ether oxygens (including phenoxy) is 1. The van der Waals surface area contributed by atoms with E-state index in [4.69, 9.17) is 10.00 Å². The van der Waals surface area contributed by atoms with Crippen molar-refractivity contribution in [2.75, 3.05) is 0 Å². The lowest BCUT2D eigenvalue weighted by atomic mass is 9.98. The van der Waals surface area contributed by atoms with Crippen LogP contribution in [0.3, 0.4) is 0 Å². The van der Waals surface area contributed by atoms with Crippen LogP contribution in [0.2, 0.25) is 0 Å². The van der Waals surface area contributed by atoms with Crippen LogP contribution in [0.1, 0.15) is 12.5 Å². The van der Waals surface area contributed by atoms with E-state index in [1.165, 1.54) is 6.07 Å². The second kappa shape index (κ2) is 3.04. The van der Waals surface area contributed by atoms with Crippen molar-refractivity contribution in [3.05, 3.63) is 34.1 Å². The van der Waals surface area contributed by atoms with Gasteiger partial charge in [-0.3, -0.25) is 0 Å². The molecule has 2 unspecified atom stereocenters. The Hall–Kier alpha value is -0.920. The van der Waals surface area contributed by atoms with Crippen molar-refractivity contribution in [3.8, 4) is 6.07 Å². The van der Waals surface area contributed by atoms with Crippen LogP contribution in [0.25, 0.3) is 0 Å². The first-order valence-corrected chi connectivity index (χ1v) is 4.90. The predicted molar refractivity (Wildman–Crippen MR) is 51.9 cm³/mol. The second-order valence-electron chi connectivity index (χ2n) is 3.36. The molecule has 0 radical (unpaired) electrons. The van der Waals surface area contributed by atoms with E-state index in [1.54, 1.807) is 12.1 Å². The fourth-order valence-electron chi connectivity index (χ4n) is 1.38. The molecule has 1 aliphatic rings. The maximum Gasteiger partial charge on any atom is 0.178 e. The Morgan fingerprint density at radius 1 is 1.64 bits per heavy atom. The first-order chi connectivity index (χ1) is 6.58. The van der Waals surface area contributed by atoms with Crippen LogP contribution in [0.4, 0.5) is 4.39 Å². The Labute approximate surface area is 89.4 Å². The Morgan fingerprint density at radius 2 is 2.36 bits per heavy atom. The van der Waals surface area contributed by atoms with Gasteiger partial charge in [0.1, 0.15) is 11.4 Å². The molecule has 2 nitrogen and oxygen atoms in total. The highest BCUT2D eigenvalue weighted by Crippen LogP contribution is 2.46. The highest BCUT2D eigenvalue weighted by molar-refractivity contribution is 9.10. The van der Waals surface area contributed by atoms with Crippen LogP contribution < -0.4 is 0 Å². The van der Waals surface area contributed by atoms with Crippen LogP contribution >= 0.6 is 15.9 Å². The zero-order valence-electron chi connectivity index (χ0n) is 7.42. The number of halogens is 2. The topological polar surface area (TPSA) is 36.3 Å². The van der Waals surface area contributed by atoms with Crippen LogP contribution in [-0.2, 0) is 10.3 Å². The lowest BCUT2D eigenvalue weighted by Crippen LogP contribution is -2.06. The first kappa shape index (κ1) is 9.63. The fourth-order valence-corrected chi connectivity index (χ4v) is 1.76. The maximum atomic E-state index is 12.9. The van der Waals surface area contributed by atoms with Gasteiger partial charge >= 0.3 is 0 Å². The minimum atomic E-state index is -0.565. The van der Waals surface area contributed by atoms with E-state index in [-0.39, 0.29) is 5.82 Å². The number of nitrogens with zero attached hydrogens (tertiary/aromatic N) is 1. The summed E-state index contributed by atoms with van der Waals surface area (Å²) in [5.41, 5.74) is 0.252. The van der Waals surface area contributed by atoms with Crippen molar-refractivity contribution in [1.29, 1.82) is 5.26 Å². The average Bonchev–Trinajstić information content (AvgIpc) is 2.83. The summed E-state index contributed by atoms with van der Waals surface area (Å²) >= 11 is 3.09. The van der Waals surface area contributed by atoms with Gasteiger partial charge in [0.05, 0.1) is 10.5 Å². The summed E-state index contributed by atoms with van der Waals surface area (Å²) in [4.78, 5) is 0. The highest BCUT2D eigenvalue weighted by Gasteiger charge is 2.54. The number of hydrogen-bond donors (Lipinski definition) is 0. The van der Waals surface area contributed by atoms with Gasteiger partial charge in [-0.05, 0) is 40.5 Å². The molecule has 0 bridgehead atoms. The third-order valence-electron chi connectivity index (χ3n) is 2.42. The summed E-state index contributed by atoms with van der Waals surface area (Å²) < 4.78 is 18.6. The lowest BCUT2D eigenvalue weighted by molar-refractivity contribution is 0.321. The number of benzene rings is 1. The average molecular weight is 256 g/mol. The minimum absolute atomic E-state index is 0.313. The molecule has 0 aromatic heterocycles. The SMILES string of the molecule is CC1(c2ccc(F)c(Br)c2)OC1C#N. The molecule has 72 valence electrons. The molecule has 2 atom stereocenters. The summed E-state index contributed by atoms with van der Waals surface area (Å²) in [6.45, 7) is 1.82. The first-order valence-electron chi connectivity index (χ1n) is 4.11. The van der Waals surface area contributed by atoms with Crippen molar-refractivity contribution in [2.45, 2.75) is 18.6 Å². The Kier molecular flexibility index (Phi) is 2.09. The quantitative estimate of drug-likeness (QED) is 0.724. The zero-order chi connectivity index (χ0) is 10.3. The lowest BCUT2D eigenvalue weighted by Gasteiger charge is -2.05. The Balaban J connectivity index is 2.36. The van der Waals surface area contributed by atoms with Gasteiger partial charge in [0.15, 0.2) is 6.10 Å². The van der Waals surface area contributed by atoms with E-state index in [9.17, 15) is 4.39 Å². The third-order valence-corrected chi connectivity index (χ3v) is 3.02.